The molecule has 2 aromatic carbocycles. The lowest BCUT2D eigenvalue weighted by Crippen LogP contribution is -2.32. The van der Waals surface area contributed by atoms with Crippen molar-refractivity contribution in [3.05, 3.63) is 70.8 Å². The van der Waals surface area contributed by atoms with Gasteiger partial charge < -0.3 is 0 Å². The molecule has 0 spiro atoms. The number of benzene rings is 2. The third kappa shape index (κ3) is 7.51. The van der Waals surface area contributed by atoms with Crippen molar-refractivity contribution in [1.82, 2.24) is 4.90 Å². The second kappa shape index (κ2) is 10.4. The van der Waals surface area contributed by atoms with E-state index in [1.165, 1.54) is 24.0 Å². The van der Waals surface area contributed by atoms with Crippen molar-refractivity contribution in [3.63, 3.8) is 0 Å². The summed E-state index contributed by atoms with van der Waals surface area (Å²) in [6.07, 6.45) is -1.18. The average molecular weight is 476 g/mol. The van der Waals surface area contributed by atoms with E-state index in [2.05, 4.69) is 17.0 Å². The third-order valence-corrected chi connectivity index (χ3v) is 6.91. The lowest BCUT2D eigenvalue weighted by molar-refractivity contribution is -0.137. The van der Waals surface area contributed by atoms with Gasteiger partial charge in [0.2, 0.25) is 0 Å². The van der Waals surface area contributed by atoms with Gasteiger partial charge in [-0.1, -0.05) is 43.3 Å². The van der Waals surface area contributed by atoms with Gasteiger partial charge in [-0.25, -0.2) is 8.42 Å². The zero-order valence-corrected chi connectivity index (χ0v) is 19.4. The smallest absolute Gasteiger partial charge is 0.299 e. The van der Waals surface area contributed by atoms with Gasteiger partial charge in [0.15, 0.2) is 0 Å². The molecule has 1 atom stereocenters. The highest BCUT2D eigenvalue weighted by atomic mass is 35.5. The Labute approximate surface area is 189 Å². The fraction of sp³-hybridized carbons (Fsp3) is 0.478. The van der Waals surface area contributed by atoms with Gasteiger partial charge in [0.25, 0.3) is 0 Å². The molecule has 0 aliphatic carbocycles. The van der Waals surface area contributed by atoms with Crippen molar-refractivity contribution in [2.75, 3.05) is 25.1 Å². The van der Waals surface area contributed by atoms with Crippen molar-refractivity contribution in [2.24, 2.45) is 0 Å². The zero-order chi connectivity index (χ0) is 21.9. The topological polar surface area (TPSA) is 37.4 Å². The van der Waals surface area contributed by atoms with Gasteiger partial charge in [0.05, 0.1) is 11.3 Å². The molecule has 0 saturated carbocycles. The molecule has 0 radical (unpaired) electrons. The maximum Gasteiger partial charge on any atom is 0.416 e. The highest BCUT2D eigenvalue weighted by Crippen LogP contribution is 2.33. The van der Waals surface area contributed by atoms with Crippen LogP contribution < -0.4 is 0 Å². The van der Waals surface area contributed by atoms with Crippen LogP contribution in [0.25, 0.3) is 0 Å². The molecule has 0 aromatic heterocycles. The summed E-state index contributed by atoms with van der Waals surface area (Å²) in [5.41, 5.74) is 2.58. The van der Waals surface area contributed by atoms with Crippen molar-refractivity contribution < 1.29 is 21.6 Å². The van der Waals surface area contributed by atoms with Crippen molar-refractivity contribution in [1.29, 1.82) is 0 Å². The van der Waals surface area contributed by atoms with Crippen molar-refractivity contribution in [3.8, 4) is 0 Å². The molecule has 31 heavy (non-hydrogen) atoms. The number of nitrogens with zero attached hydrogens (tertiary/aromatic N) is 1. The normalized spacial score (nSPS) is 17.2. The Kier molecular flexibility index (Phi) is 8.59. The number of hydrogen-bond donors (Lipinski definition) is 0. The third-order valence-electron chi connectivity index (χ3n) is 5.80. The fourth-order valence-corrected chi connectivity index (χ4v) is 5.23. The number of halogens is 4. The molecular formula is C23H29ClF3NO2S. The number of rotatable bonds is 6. The first-order valence-electron chi connectivity index (χ1n) is 10.2. The Morgan fingerprint density at radius 1 is 1.00 bits per heavy atom. The molecule has 1 aliphatic heterocycles. The van der Waals surface area contributed by atoms with Gasteiger partial charge in [-0.15, -0.1) is 12.4 Å². The first-order chi connectivity index (χ1) is 14.0. The second-order valence-electron chi connectivity index (χ2n) is 8.41. The first-order valence-corrected chi connectivity index (χ1v) is 12.2. The van der Waals surface area contributed by atoms with Crippen LogP contribution in [0.4, 0.5) is 13.2 Å². The lowest BCUT2D eigenvalue weighted by Gasteiger charge is -2.32. The summed E-state index contributed by atoms with van der Waals surface area (Å²) in [4.78, 5) is 2.36. The van der Waals surface area contributed by atoms with E-state index >= 15 is 0 Å². The van der Waals surface area contributed by atoms with Crippen LogP contribution in [-0.4, -0.2) is 38.4 Å². The van der Waals surface area contributed by atoms with Gasteiger partial charge >= 0.3 is 6.18 Å². The molecule has 1 saturated heterocycles. The molecule has 8 heteroatoms. The molecule has 1 fully saturated rings. The van der Waals surface area contributed by atoms with Crippen LogP contribution in [0.15, 0.2) is 48.5 Å². The van der Waals surface area contributed by atoms with Crippen molar-refractivity contribution >= 4 is 22.2 Å². The summed E-state index contributed by atoms with van der Waals surface area (Å²) in [7, 11) is -3.01. The molecule has 172 valence electrons. The molecule has 0 unspecified atom stereocenters. The van der Waals surface area contributed by atoms with Crippen LogP contribution in [0, 0.1) is 0 Å². The minimum Gasteiger partial charge on any atom is -0.299 e. The maximum atomic E-state index is 12.7. The summed E-state index contributed by atoms with van der Waals surface area (Å²) in [6.45, 7) is 4.54. The molecule has 3 rings (SSSR count). The summed E-state index contributed by atoms with van der Waals surface area (Å²) in [6, 6.07) is 13.7. The van der Waals surface area contributed by atoms with Crippen LogP contribution in [0.3, 0.4) is 0 Å². The number of alkyl halides is 3. The van der Waals surface area contributed by atoms with E-state index in [0.29, 0.717) is 5.92 Å². The maximum absolute atomic E-state index is 12.7. The largest absolute Gasteiger partial charge is 0.416 e. The molecular weight excluding hydrogens is 447 g/mol. The quantitative estimate of drug-likeness (QED) is 0.541. The van der Waals surface area contributed by atoms with Crippen LogP contribution in [0.1, 0.15) is 53.9 Å². The van der Waals surface area contributed by atoms with E-state index in [9.17, 15) is 21.6 Å². The van der Waals surface area contributed by atoms with E-state index in [-0.39, 0.29) is 24.1 Å². The predicted molar refractivity (Wildman–Crippen MR) is 121 cm³/mol. The van der Waals surface area contributed by atoms with E-state index in [1.54, 1.807) is 12.1 Å². The first kappa shape index (κ1) is 25.7. The Morgan fingerprint density at radius 2 is 1.55 bits per heavy atom. The van der Waals surface area contributed by atoms with Crippen molar-refractivity contribution in [2.45, 2.75) is 44.3 Å². The number of piperidine rings is 1. The van der Waals surface area contributed by atoms with Crippen LogP contribution >= 0.6 is 12.4 Å². The average Bonchev–Trinajstić information content (AvgIpc) is 2.67. The Hall–Kier alpha value is -1.57. The SMILES string of the molecule is C[C@@H](CS(C)(=O)=O)c1ccc(CN2CCC(c3ccc(C(F)(F)F)cc3)CC2)cc1.Cl. The number of sulfone groups is 1. The van der Waals surface area contributed by atoms with E-state index in [0.717, 1.165) is 43.6 Å². The van der Waals surface area contributed by atoms with Gasteiger partial charge in [-0.3, -0.25) is 4.90 Å². The summed E-state index contributed by atoms with van der Waals surface area (Å²) in [5, 5.41) is 0. The highest BCUT2D eigenvalue weighted by Gasteiger charge is 2.30. The van der Waals surface area contributed by atoms with Gasteiger partial charge in [0, 0.05) is 12.8 Å². The van der Waals surface area contributed by atoms with E-state index in [4.69, 9.17) is 0 Å². The van der Waals surface area contributed by atoms with Gasteiger partial charge in [-0.05, 0) is 66.6 Å². The number of hydrogen-bond acceptors (Lipinski definition) is 3. The molecule has 1 heterocycles. The summed E-state index contributed by atoms with van der Waals surface area (Å²) >= 11 is 0. The zero-order valence-electron chi connectivity index (χ0n) is 17.7. The van der Waals surface area contributed by atoms with Gasteiger partial charge in [-0.2, -0.15) is 13.2 Å². The molecule has 0 N–H and O–H groups in total. The molecule has 2 aromatic rings. The lowest BCUT2D eigenvalue weighted by atomic mass is 9.89. The summed E-state index contributed by atoms with van der Waals surface area (Å²) < 4.78 is 61.1. The summed E-state index contributed by atoms with van der Waals surface area (Å²) in [5.74, 6) is 0.403. The molecule has 0 amide bonds. The minimum absolute atomic E-state index is 0. The second-order valence-corrected chi connectivity index (χ2v) is 10.6. The molecule has 0 bridgehead atoms. The predicted octanol–water partition coefficient (Wildman–Crippen LogP) is 5.65. The monoisotopic (exact) mass is 475 g/mol. The fourth-order valence-electron chi connectivity index (χ4n) is 4.13. The van der Waals surface area contributed by atoms with E-state index < -0.39 is 21.6 Å². The van der Waals surface area contributed by atoms with Crippen LogP contribution in [0.5, 0.6) is 0 Å². The van der Waals surface area contributed by atoms with Gasteiger partial charge in [0.1, 0.15) is 9.84 Å². The van der Waals surface area contributed by atoms with Crippen LogP contribution in [-0.2, 0) is 22.6 Å². The number of likely N-dealkylation sites (tertiary alicyclic amines) is 1. The molecule has 1 aliphatic rings. The highest BCUT2D eigenvalue weighted by molar-refractivity contribution is 7.90. The Morgan fingerprint density at radius 3 is 2.03 bits per heavy atom. The standard InChI is InChI=1S/C23H28F3NO2S.ClH/c1-17(16-30(2,28)29)19-5-3-18(4-6-19)15-27-13-11-21(12-14-27)20-7-9-22(10-8-20)23(24,25)26;/h3-10,17,21H,11-16H2,1-2H3;1H/t17-;/m0./s1. The Balaban J connectivity index is 0.00000341. The van der Waals surface area contributed by atoms with E-state index in [1.807, 2.05) is 19.1 Å². The van der Waals surface area contributed by atoms with Crippen LogP contribution in [0.2, 0.25) is 0 Å². The molecule has 3 nitrogen and oxygen atoms in total. The minimum atomic E-state index is -4.29. The Bertz CT molecular complexity index is 936.